The molecule has 32 heavy (non-hydrogen) atoms. The molecule has 0 radical (unpaired) electrons. The summed E-state index contributed by atoms with van der Waals surface area (Å²) in [7, 11) is 0. The monoisotopic (exact) mass is 459 g/mol. The number of amides is 1. The Balaban J connectivity index is 1.96. The van der Waals surface area contributed by atoms with E-state index in [9.17, 15) is 31.1 Å². The maximum atomic E-state index is 14.7. The number of H-pyrrole nitrogens is 1. The molecule has 0 saturated carbocycles. The third-order valence-electron chi connectivity index (χ3n) is 3.73. The molecule has 168 valence electrons. The summed E-state index contributed by atoms with van der Waals surface area (Å²) in [4.78, 5) is 14.3. The quantitative estimate of drug-likeness (QED) is 0.549. The summed E-state index contributed by atoms with van der Waals surface area (Å²) in [5.74, 6) is -4.07. The van der Waals surface area contributed by atoms with Crippen LogP contribution in [0.15, 0.2) is 48.9 Å². The van der Waals surface area contributed by atoms with Crippen molar-refractivity contribution in [1.29, 1.82) is 0 Å². The number of aromatic amines is 1. The number of carbonyl (C=O) groups is 1. The second-order valence-corrected chi connectivity index (χ2v) is 6.28. The Labute approximate surface area is 176 Å². The molecule has 0 aliphatic heterocycles. The number of alkyl halides is 5. The molecule has 0 fully saturated rings. The minimum Gasteiger partial charge on any atom is -0.450 e. The fourth-order valence-corrected chi connectivity index (χ4v) is 2.47. The largest absolute Gasteiger partial charge is 0.480 e. The first-order valence-corrected chi connectivity index (χ1v) is 8.68. The van der Waals surface area contributed by atoms with Crippen molar-refractivity contribution < 1.29 is 45.6 Å². The molecule has 0 unspecified atom stereocenters. The van der Waals surface area contributed by atoms with Crippen LogP contribution in [0.2, 0.25) is 0 Å². The Morgan fingerprint density at radius 3 is 2.25 bits per heavy atom. The Morgan fingerprint density at radius 1 is 1.03 bits per heavy atom. The highest BCUT2D eigenvalue weighted by atomic mass is 19.4. The Hall–Kier alpha value is -3.90. The van der Waals surface area contributed by atoms with Gasteiger partial charge in [-0.1, -0.05) is 0 Å². The lowest BCUT2D eigenvalue weighted by Gasteiger charge is -2.14. The molecule has 0 aliphatic carbocycles. The molecule has 0 atom stereocenters. The van der Waals surface area contributed by atoms with E-state index in [0.717, 1.165) is 30.5 Å². The van der Waals surface area contributed by atoms with Gasteiger partial charge in [-0.05, 0) is 30.3 Å². The van der Waals surface area contributed by atoms with E-state index in [1.165, 1.54) is 12.3 Å². The molecular weight excluding hydrogens is 446 g/mol. The number of nitrogens with one attached hydrogen (secondary N) is 2. The SMILES string of the molecule is CC(F)(F)Oc1ccc(Oc2c[nH+]c(C(F)(F)F)c(F)c2C(=O)Nc2ccnnc2)cc1. The minimum atomic E-state index is -5.12. The number of halogens is 6. The standard InChI is InChI=1S/C19H12F6N4O3/c1-18(21,22)32-12-4-2-11(3-5-12)31-13-9-26-16(19(23,24)25)15(20)14(13)17(30)29-10-6-7-27-28-8-10/h2-9H,1H3,(H,27,29,30)/p+1. The van der Waals surface area contributed by atoms with Crippen molar-refractivity contribution in [2.75, 3.05) is 5.32 Å². The van der Waals surface area contributed by atoms with Gasteiger partial charge in [0.1, 0.15) is 17.1 Å². The smallest absolute Gasteiger partial charge is 0.450 e. The van der Waals surface area contributed by atoms with E-state index in [1.807, 2.05) is 0 Å². The molecule has 13 heteroatoms. The predicted molar refractivity (Wildman–Crippen MR) is 95.7 cm³/mol. The van der Waals surface area contributed by atoms with Crippen molar-refractivity contribution in [3.63, 3.8) is 0 Å². The van der Waals surface area contributed by atoms with Crippen molar-refractivity contribution >= 4 is 11.6 Å². The summed E-state index contributed by atoms with van der Waals surface area (Å²) in [5.41, 5.74) is -2.80. The molecule has 0 saturated heterocycles. The van der Waals surface area contributed by atoms with Gasteiger partial charge in [0.05, 0.1) is 18.1 Å². The summed E-state index contributed by atoms with van der Waals surface area (Å²) < 4.78 is 89.6. The fraction of sp³-hybridized carbons (Fsp3) is 0.158. The lowest BCUT2D eigenvalue weighted by atomic mass is 10.1. The molecule has 0 bridgehead atoms. The number of benzene rings is 1. The van der Waals surface area contributed by atoms with Gasteiger partial charge in [-0.15, -0.1) is 0 Å². The zero-order chi connectivity index (χ0) is 23.5. The summed E-state index contributed by atoms with van der Waals surface area (Å²) in [6, 6.07) is 5.76. The van der Waals surface area contributed by atoms with Gasteiger partial charge in [-0.3, -0.25) is 4.79 Å². The highest BCUT2D eigenvalue weighted by Crippen LogP contribution is 2.34. The molecule has 3 rings (SSSR count). The molecule has 1 amide bonds. The fourth-order valence-electron chi connectivity index (χ4n) is 2.47. The van der Waals surface area contributed by atoms with E-state index in [0.29, 0.717) is 13.1 Å². The third kappa shape index (κ3) is 5.62. The molecule has 1 aromatic carbocycles. The van der Waals surface area contributed by atoms with Crippen molar-refractivity contribution in [3.05, 3.63) is 66.0 Å². The molecular formula is C19H13F6N4O3+. The van der Waals surface area contributed by atoms with Crippen LogP contribution in [0.5, 0.6) is 17.2 Å². The average molecular weight is 459 g/mol. The van der Waals surface area contributed by atoms with Gasteiger partial charge in [-0.2, -0.15) is 36.5 Å². The second-order valence-electron chi connectivity index (χ2n) is 6.28. The van der Waals surface area contributed by atoms with Gasteiger partial charge in [-0.25, -0.2) is 4.98 Å². The van der Waals surface area contributed by atoms with Crippen LogP contribution in [0, 0.1) is 5.82 Å². The van der Waals surface area contributed by atoms with Crippen molar-refractivity contribution in [2.24, 2.45) is 0 Å². The molecule has 3 aromatic rings. The van der Waals surface area contributed by atoms with Gasteiger partial charge < -0.3 is 14.8 Å². The third-order valence-corrected chi connectivity index (χ3v) is 3.73. The van der Waals surface area contributed by atoms with Crippen LogP contribution in [0.1, 0.15) is 23.0 Å². The van der Waals surface area contributed by atoms with Crippen LogP contribution in [-0.2, 0) is 6.18 Å². The predicted octanol–water partition coefficient (Wildman–Crippen LogP) is 4.48. The number of aromatic nitrogens is 3. The van der Waals surface area contributed by atoms with Crippen LogP contribution in [-0.4, -0.2) is 22.2 Å². The number of pyridine rings is 1. The number of carbonyl (C=O) groups excluding carboxylic acids is 1. The molecule has 0 spiro atoms. The van der Waals surface area contributed by atoms with E-state index >= 15 is 0 Å². The number of anilines is 1. The normalized spacial score (nSPS) is 11.7. The van der Waals surface area contributed by atoms with Gasteiger partial charge in [0.15, 0.2) is 0 Å². The van der Waals surface area contributed by atoms with E-state index < -0.39 is 41.0 Å². The average Bonchev–Trinajstić information content (AvgIpc) is 2.68. The molecule has 2 aromatic heterocycles. The van der Waals surface area contributed by atoms with Crippen molar-refractivity contribution in [3.8, 4) is 17.2 Å². The van der Waals surface area contributed by atoms with Gasteiger partial charge >= 0.3 is 18.0 Å². The van der Waals surface area contributed by atoms with Crippen LogP contribution in [0.4, 0.5) is 32.0 Å². The Morgan fingerprint density at radius 2 is 1.69 bits per heavy atom. The zero-order valence-corrected chi connectivity index (χ0v) is 16.0. The first-order valence-electron chi connectivity index (χ1n) is 8.68. The lowest BCUT2D eigenvalue weighted by molar-refractivity contribution is -0.429. The van der Waals surface area contributed by atoms with E-state index in [4.69, 9.17) is 4.74 Å². The summed E-state index contributed by atoms with van der Waals surface area (Å²) in [6.45, 7) is 0.529. The Bertz CT molecular complexity index is 1100. The van der Waals surface area contributed by atoms with Gasteiger partial charge in [0.25, 0.3) is 5.91 Å². The zero-order valence-electron chi connectivity index (χ0n) is 16.0. The maximum absolute atomic E-state index is 14.7. The van der Waals surface area contributed by atoms with Crippen molar-refractivity contribution in [2.45, 2.75) is 19.2 Å². The molecule has 7 nitrogen and oxygen atoms in total. The number of rotatable bonds is 6. The maximum Gasteiger partial charge on any atom is 0.480 e. The minimum absolute atomic E-state index is 0.0405. The topological polar surface area (TPSA) is 87.5 Å². The van der Waals surface area contributed by atoms with E-state index in [-0.39, 0.29) is 17.2 Å². The van der Waals surface area contributed by atoms with Crippen molar-refractivity contribution in [1.82, 2.24) is 10.2 Å². The summed E-state index contributed by atoms with van der Waals surface area (Å²) in [6.07, 6.45) is -5.62. The first-order chi connectivity index (χ1) is 14.9. The highest BCUT2D eigenvalue weighted by Gasteiger charge is 2.45. The molecule has 2 heterocycles. The van der Waals surface area contributed by atoms with Crippen LogP contribution in [0.3, 0.4) is 0 Å². The number of ether oxygens (including phenoxy) is 2. The highest BCUT2D eigenvalue weighted by molar-refractivity contribution is 6.06. The van der Waals surface area contributed by atoms with Crippen LogP contribution in [0.25, 0.3) is 0 Å². The van der Waals surface area contributed by atoms with Crippen LogP contribution >= 0.6 is 0 Å². The van der Waals surface area contributed by atoms with Crippen LogP contribution < -0.4 is 19.8 Å². The van der Waals surface area contributed by atoms with Gasteiger partial charge in [0, 0.05) is 6.92 Å². The molecule has 0 aliphatic rings. The second kappa shape index (κ2) is 8.69. The number of hydrogen-bond donors (Lipinski definition) is 1. The number of hydrogen-bond acceptors (Lipinski definition) is 5. The number of nitrogens with zero attached hydrogens (tertiary/aromatic N) is 2. The van der Waals surface area contributed by atoms with E-state index in [2.05, 4.69) is 20.3 Å². The molecule has 2 N–H and O–H groups in total. The lowest BCUT2D eigenvalue weighted by Crippen LogP contribution is -2.27. The first kappa shape index (κ1) is 22.8. The summed E-state index contributed by atoms with van der Waals surface area (Å²) in [5, 5.41) is 9.17. The summed E-state index contributed by atoms with van der Waals surface area (Å²) >= 11 is 0. The van der Waals surface area contributed by atoms with Gasteiger partial charge in [0.2, 0.25) is 17.8 Å². The van der Waals surface area contributed by atoms with E-state index in [1.54, 1.807) is 4.98 Å². The Kier molecular flexibility index (Phi) is 6.18.